The van der Waals surface area contributed by atoms with Crippen molar-refractivity contribution in [2.45, 2.75) is 51.6 Å². The van der Waals surface area contributed by atoms with E-state index in [2.05, 4.69) is 31.2 Å². The van der Waals surface area contributed by atoms with Crippen molar-refractivity contribution in [3.63, 3.8) is 0 Å². The Hall–Kier alpha value is -1.15. The van der Waals surface area contributed by atoms with Gasteiger partial charge < -0.3 is 4.74 Å². The van der Waals surface area contributed by atoms with Crippen LogP contribution in [0.15, 0.2) is 47.4 Å². The molecular weight excluding hydrogens is 251 g/mol. The lowest BCUT2D eigenvalue weighted by Crippen LogP contribution is -2.16. The molecule has 0 radical (unpaired) electrons. The van der Waals surface area contributed by atoms with E-state index in [0.717, 1.165) is 12.0 Å². The summed E-state index contributed by atoms with van der Waals surface area (Å²) < 4.78 is 18.9. The fourth-order valence-electron chi connectivity index (χ4n) is 2.81. The third kappa shape index (κ3) is 3.92. The fourth-order valence-corrected chi connectivity index (χ4v) is 2.81. The highest BCUT2D eigenvalue weighted by molar-refractivity contribution is 5.36. The van der Waals surface area contributed by atoms with Crippen LogP contribution in [-0.2, 0) is 4.74 Å². The van der Waals surface area contributed by atoms with Gasteiger partial charge in [-0.2, -0.15) is 0 Å². The Morgan fingerprint density at radius 1 is 1.25 bits per heavy atom. The van der Waals surface area contributed by atoms with Gasteiger partial charge in [-0.1, -0.05) is 49.6 Å². The average molecular weight is 276 g/mol. The second-order valence-electron chi connectivity index (χ2n) is 5.63. The summed E-state index contributed by atoms with van der Waals surface area (Å²) in [5.74, 6) is 0.185. The van der Waals surface area contributed by atoms with Crippen LogP contribution in [0.4, 0.5) is 4.39 Å². The second kappa shape index (κ2) is 7.58. The first-order chi connectivity index (χ1) is 9.74. The van der Waals surface area contributed by atoms with Crippen LogP contribution in [0.2, 0.25) is 0 Å². The summed E-state index contributed by atoms with van der Waals surface area (Å²) in [4.78, 5) is 0. The zero-order valence-electron chi connectivity index (χ0n) is 12.6. The van der Waals surface area contributed by atoms with Crippen molar-refractivity contribution < 1.29 is 9.13 Å². The van der Waals surface area contributed by atoms with Gasteiger partial charge in [0.25, 0.3) is 0 Å². The van der Waals surface area contributed by atoms with Crippen molar-refractivity contribution in [1.29, 1.82) is 0 Å². The Labute approximate surface area is 121 Å². The third-order valence-electron chi connectivity index (χ3n) is 4.14. The second-order valence-corrected chi connectivity index (χ2v) is 5.63. The molecule has 20 heavy (non-hydrogen) atoms. The minimum Gasteiger partial charge on any atom is -0.374 e. The number of hydrogen-bond acceptors (Lipinski definition) is 1. The van der Waals surface area contributed by atoms with Crippen molar-refractivity contribution in [1.82, 2.24) is 0 Å². The molecule has 0 saturated heterocycles. The molecule has 2 rings (SSSR count). The smallest absolute Gasteiger partial charge is 0.129 e. The summed E-state index contributed by atoms with van der Waals surface area (Å²) in [6, 6.07) is 0. The van der Waals surface area contributed by atoms with Crippen molar-refractivity contribution in [2.24, 2.45) is 5.92 Å². The standard InChI is InChI=1S/C18H25FO/c1-3-4-5-6-14-7-9-15(10-8-14)16-11-12-18(20-2)17(19)13-16/h7-9,11,13,15,18H,3-6,10,12H2,1-2H3. The van der Waals surface area contributed by atoms with Crippen LogP contribution in [0.25, 0.3) is 0 Å². The molecular formula is C18H25FO. The van der Waals surface area contributed by atoms with Gasteiger partial charge in [-0.25, -0.2) is 4.39 Å². The normalized spacial score (nSPS) is 26.1. The third-order valence-corrected chi connectivity index (χ3v) is 4.14. The first kappa shape index (κ1) is 15.2. The lowest BCUT2D eigenvalue weighted by molar-refractivity contribution is 0.112. The van der Waals surface area contributed by atoms with Crippen molar-refractivity contribution in [3.8, 4) is 0 Å². The minimum atomic E-state index is -0.383. The molecule has 2 aliphatic carbocycles. The molecule has 0 aromatic carbocycles. The molecule has 110 valence electrons. The van der Waals surface area contributed by atoms with E-state index in [4.69, 9.17) is 4.74 Å². The fraction of sp³-hybridized carbons (Fsp3) is 0.556. The molecule has 0 fully saturated rings. The minimum absolute atomic E-state index is 0.142. The van der Waals surface area contributed by atoms with Crippen molar-refractivity contribution in [3.05, 3.63) is 47.4 Å². The van der Waals surface area contributed by atoms with Gasteiger partial charge in [-0.3, -0.25) is 0 Å². The molecule has 0 heterocycles. The van der Waals surface area contributed by atoms with Crippen LogP contribution in [0.3, 0.4) is 0 Å². The number of hydrogen-bond donors (Lipinski definition) is 0. The number of unbranched alkanes of at least 4 members (excludes halogenated alkanes) is 2. The number of halogens is 1. The van der Waals surface area contributed by atoms with Gasteiger partial charge in [0.1, 0.15) is 11.9 Å². The van der Waals surface area contributed by atoms with E-state index in [1.165, 1.54) is 31.3 Å². The van der Waals surface area contributed by atoms with E-state index < -0.39 is 0 Å². The van der Waals surface area contributed by atoms with Gasteiger partial charge in [0.05, 0.1) is 0 Å². The molecule has 0 saturated carbocycles. The highest BCUT2D eigenvalue weighted by atomic mass is 19.1. The number of methoxy groups -OCH3 is 1. The van der Waals surface area contributed by atoms with Crippen LogP contribution in [-0.4, -0.2) is 13.2 Å². The summed E-state index contributed by atoms with van der Waals surface area (Å²) in [5, 5.41) is 0. The van der Waals surface area contributed by atoms with E-state index in [1.807, 2.05) is 0 Å². The van der Waals surface area contributed by atoms with Crippen LogP contribution in [0, 0.1) is 5.92 Å². The molecule has 0 aromatic heterocycles. The molecule has 0 N–H and O–H groups in total. The molecule has 0 spiro atoms. The lowest BCUT2D eigenvalue weighted by atomic mass is 9.85. The van der Waals surface area contributed by atoms with E-state index in [1.54, 1.807) is 13.2 Å². The summed E-state index contributed by atoms with van der Waals surface area (Å²) in [5.41, 5.74) is 2.53. The topological polar surface area (TPSA) is 9.23 Å². The van der Waals surface area contributed by atoms with Gasteiger partial charge in [-0.05, 0) is 37.3 Å². The molecule has 2 heteroatoms. The van der Waals surface area contributed by atoms with Gasteiger partial charge in [0.2, 0.25) is 0 Å². The van der Waals surface area contributed by atoms with Gasteiger partial charge in [0.15, 0.2) is 0 Å². The number of rotatable bonds is 6. The zero-order valence-corrected chi connectivity index (χ0v) is 12.6. The Kier molecular flexibility index (Phi) is 5.78. The number of allylic oxidation sites excluding steroid dienone is 6. The molecule has 0 bridgehead atoms. The van der Waals surface area contributed by atoms with E-state index >= 15 is 0 Å². The predicted molar refractivity (Wildman–Crippen MR) is 82.2 cm³/mol. The van der Waals surface area contributed by atoms with Crippen LogP contribution >= 0.6 is 0 Å². The molecule has 0 aliphatic heterocycles. The van der Waals surface area contributed by atoms with Gasteiger partial charge in [-0.15, -0.1) is 0 Å². The van der Waals surface area contributed by atoms with Crippen molar-refractivity contribution >= 4 is 0 Å². The summed E-state index contributed by atoms with van der Waals surface area (Å²) in [6.45, 7) is 2.23. The molecule has 2 unspecified atom stereocenters. The maximum absolute atomic E-state index is 13.8. The first-order valence-electron chi connectivity index (χ1n) is 7.71. The van der Waals surface area contributed by atoms with Gasteiger partial charge >= 0.3 is 0 Å². The maximum Gasteiger partial charge on any atom is 0.129 e. The first-order valence-corrected chi connectivity index (χ1v) is 7.71. The lowest BCUT2D eigenvalue weighted by Gasteiger charge is -2.23. The highest BCUT2D eigenvalue weighted by Crippen LogP contribution is 2.31. The molecule has 0 amide bonds. The van der Waals surface area contributed by atoms with E-state index in [9.17, 15) is 4.39 Å². The number of ether oxygens (including phenoxy) is 1. The SMILES string of the molecule is CCCCCC1=CCC(C2=CCC(OC)C(F)=C2)C=C1. The molecule has 0 aromatic rings. The maximum atomic E-state index is 13.8. The zero-order chi connectivity index (χ0) is 14.4. The van der Waals surface area contributed by atoms with E-state index in [0.29, 0.717) is 12.3 Å². The van der Waals surface area contributed by atoms with E-state index in [-0.39, 0.29) is 11.9 Å². The van der Waals surface area contributed by atoms with Crippen LogP contribution in [0.1, 0.15) is 45.4 Å². The predicted octanol–water partition coefficient (Wildman–Crippen LogP) is 5.27. The summed E-state index contributed by atoms with van der Waals surface area (Å²) in [6.07, 6.45) is 16.8. The Bertz CT molecular complexity index is 442. The average Bonchev–Trinajstić information content (AvgIpc) is 2.48. The molecule has 2 aliphatic rings. The quantitative estimate of drug-likeness (QED) is 0.601. The molecule has 1 nitrogen and oxygen atoms in total. The van der Waals surface area contributed by atoms with Crippen molar-refractivity contribution in [2.75, 3.05) is 7.11 Å². The van der Waals surface area contributed by atoms with Crippen LogP contribution in [0.5, 0.6) is 0 Å². The largest absolute Gasteiger partial charge is 0.374 e. The Morgan fingerprint density at radius 3 is 2.70 bits per heavy atom. The monoisotopic (exact) mass is 276 g/mol. The molecule has 2 atom stereocenters. The Balaban J connectivity index is 1.89. The summed E-state index contributed by atoms with van der Waals surface area (Å²) >= 11 is 0. The highest BCUT2D eigenvalue weighted by Gasteiger charge is 2.21. The Morgan fingerprint density at radius 2 is 2.10 bits per heavy atom. The van der Waals surface area contributed by atoms with Gasteiger partial charge in [0, 0.05) is 13.0 Å². The summed E-state index contributed by atoms with van der Waals surface area (Å²) in [7, 11) is 1.56. The van der Waals surface area contributed by atoms with Crippen LogP contribution < -0.4 is 0 Å².